The van der Waals surface area contributed by atoms with E-state index >= 15 is 0 Å². The highest BCUT2D eigenvalue weighted by Crippen LogP contribution is 2.26. The monoisotopic (exact) mass is 389 g/mol. The topological polar surface area (TPSA) is 55.8 Å². The molecule has 0 unspecified atom stereocenters. The number of carbonyl (C=O) groups is 2. The van der Waals surface area contributed by atoms with Crippen molar-refractivity contribution in [1.82, 2.24) is 0 Å². The summed E-state index contributed by atoms with van der Waals surface area (Å²) in [5.41, 5.74) is 5.86. The van der Waals surface area contributed by atoms with Crippen molar-refractivity contribution < 1.29 is 19.1 Å². The van der Waals surface area contributed by atoms with Crippen LogP contribution in [0.4, 0.5) is 10.5 Å². The number of amides is 1. The van der Waals surface area contributed by atoms with Gasteiger partial charge in [-0.25, -0.2) is 4.79 Å². The van der Waals surface area contributed by atoms with Crippen LogP contribution in [0.15, 0.2) is 12.1 Å². The van der Waals surface area contributed by atoms with Gasteiger partial charge in [-0.05, 0) is 51.0 Å². The average molecular weight is 390 g/mol. The van der Waals surface area contributed by atoms with Crippen molar-refractivity contribution >= 4 is 25.8 Å². The summed E-state index contributed by atoms with van der Waals surface area (Å²) in [6.07, 6.45) is -0.335. The molecule has 0 saturated carbocycles. The number of nitrogens with zero attached hydrogens (tertiary/aromatic N) is 1. The Hall–Kier alpha value is -2.26. The molecule has 0 saturated heterocycles. The first-order valence-corrected chi connectivity index (χ1v) is 12.4. The quantitative estimate of drug-likeness (QED) is 0.439. The first-order chi connectivity index (χ1) is 12.2. The number of rotatable bonds is 3. The van der Waals surface area contributed by atoms with Crippen molar-refractivity contribution in [3.63, 3.8) is 0 Å². The summed E-state index contributed by atoms with van der Waals surface area (Å²) in [5.74, 6) is 2.91. The Kier molecular flexibility index (Phi) is 7.27. The Balaban J connectivity index is 3.43. The lowest BCUT2D eigenvalue weighted by atomic mass is 10.0. The van der Waals surface area contributed by atoms with Gasteiger partial charge in [0, 0.05) is 12.6 Å². The second-order valence-corrected chi connectivity index (χ2v) is 13.3. The van der Waals surface area contributed by atoms with E-state index in [9.17, 15) is 9.59 Å². The SMILES string of the molecule is COC(=O)Cc1cc(C#C[Si](C)(C)C)c(C)c(N(C)C(=O)OC(C)(C)C)c1. The minimum atomic E-state index is -1.58. The van der Waals surface area contributed by atoms with Crippen LogP contribution in [0.3, 0.4) is 0 Å². The van der Waals surface area contributed by atoms with Crippen LogP contribution >= 0.6 is 0 Å². The van der Waals surface area contributed by atoms with Crippen LogP contribution < -0.4 is 4.90 Å². The van der Waals surface area contributed by atoms with Crippen LogP contribution in [0, 0.1) is 18.4 Å². The van der Waals surface area contributed by atoms with Crippen LogP contribution in [0.5, 0.6) is 0 Å². The third kappa shape index (κ3) is 7.47. The lowest BCUT2D eigenvalue weighted by molar-refractivity contribution is -0.139. The molecule has 0 radical (unpaired) electrons. The second-order valence-electron chi connectivity index (χ2n) is 8.58. The zero-order valence-corrected chi connectivity index (χ0v) is 18.9. The first kappa shape index (κ1) is 22.8. The summed E-state index contributed by atoms with van der Waals surface area (Å²) in [6.45, 7) is 13.9. The van der Waals surface area contributed by atoms with Gasteiger partial charge < -0.3 is 9.47 Å². The minimum Gasteiger partial charge on any atom is -0.469 e. The van der Waals surface area contributed by atoms with Crippen LogP contribution in [0.2, 0.25) is 19.6 Å². The molecule has 1 rings (SSSR count). The van der Waals surface area contributed by atoms with Crippen LogP contribution in [0.1, 0.15) is 37.5 Å². The van der Waals surface area contributed by atoms with Crippen LogP contribution in [-0.4, -0.2) is 39.9 Å². The third-order valence-electron chi connectivity index (χ3n) is 3.62. The Labute approximate surface area is 164 Å². The van der Waals surface area contributed by atoms with E-state index in [-0.39, 0.29) is 12.4 Å². The largest absolute Gasteiger partial charge is 0.469 e. The van der Waals surface area contributed by atoms with Crippen molar-refractivity contribution in [2.45, 2.75) is 59.4 Å². The summed E-state index contributed by atoms with van der Waals surface area (Å²) >= 11 is 0. The Morgan fingerprint density at radius 1 is 1.19 bits per heavy atom. The number of methoxy groups -OCH3 is 1. The normalized spacial score (nSPS) is 11.3. The summed E-state index contributed by atoms with van der Waals surface area (Å²) in [5, 5.41) is 0. The van der Waals surface area contributed by atoms with E-state index < -0.39 is 19.8 Å². The number of ether oxygens (including phenoxy) is 2. The van der Waals surface area contributed by atoms with Crippen LogP contribution in [0.25, 0.3) is 0 Å². The molecular formula is C21H31NO4Si. The average Bonchev–Trinajstić information content (AvgIpc) is 2.51. The maximum Gasteiger partial charge on any atom is 0.414 e. The van der Waals surface area contributed by atoms with Gasteiger partial charge in [-0.3, -0.25) is 9.69 Å². The Morgan fingerprint density at radius 3 is 2.26 bits per heavy atom. The van der Waals surface area contributed by atoms with E-state index in [0.717, 1.165) is 16.7 Å². The summed E-state index contributed by atoms with van der Waals surface area (Å²) in [4.78, 5) is 25.7. The predicted molar refractivity (Wildman–Crippen MR) is 112 cm³/mol. The molecule has 0 spiro atoms. The molecule has 6 heteroatoms. The van der Waals surface area contributed by atoms with Crippen molar-refractivity contribution in [3.8, 4) is 11.5 Å². The fourth-order valence-electron chi connectivity index (χ4n) is 2.26. The molecule has 0 bridgehead atoms. The molecule has 0 aromatic heterocycles. The van der Waals surface area contributed by atoms with Gasteiger partial charge in [0.1, 0.15) is 13.7 Å². The highest BCUT2D eigenvalue weighted by Gasteiger charge is 2.23. The van der Waals surface area contributed by atoms with Gasteiger partial charge in [0.15, 0.2) is 0 Å². The standard InChI is InChI=1S/C21H31NO4Si/c1-15-17(10-11-27(7,8)9)12-16(14-19(23)25-6)13-18(15)22(5)20(24)26-21(2,3)4/h12-13H,14H2,1-9H3. The molecule has 1 amide bonds. The molecule has 27 heavy (non-hydrogen) atoms. The molecule has 0 N–H and O–H groups in total. The van der Waals surface area contributed by atoms with Gasteiger partial charge in [-0.15, -0.1) is 5.54 Å². The smallest absolute Gasteiger partial charge is 0.414 e. The van der Waals surface area contributed by atoms with Crippen molar-refractivity contribution in [1.29, 1.82) is 0 Å². The fourth-order valence-corrected chi connectivity index (χ4v) is 2.77. The predicted octanol–water partition coefficient (Wildman–Crippen LogP) is 4.31. The first-order valence-electron chi connectivity index (χ1n) is 8.94. The highest BCUT2D eigenvalue weighted by atomic mass is 28.3. The lowest BCUT2D eigenvalue weighted by Gasteiger charge is -2.26. The fraction of sp³-hybridized carbons (Fsp3) is 0.524. The molecule has 0 fully saturated rings. The molecule has 0 aliphatic rings. The zero-order chi connectivity index (χ0) is 21.0. The van der Waals surface area contributed by atoms with E-state index in [1.54, 1.807) is 7.05 Å². The lowest BCUT2D eigenvalue weighted by Crippen LogP contribution is -2.34. The van der Waals surface area contributed by atoms with E-state index in [2.05, 4.69) is 31.1 Å². The number of hydrogen-bond acceptors (Lipinski definition) is 4. The van der Waals surface area contributed by atoms with Crippen molar-refractivity contribution in [3.05, 3.63) is 28.8 Å². The molecule has 148 valence electrons. The van der Waals surface area contributed by atoms with E-state index in [1.165, 1.54) is 12.0 Å². The number of esters is 1. The Bertz CT molecular complexity index is 776. The number of carbonyl (C=O) groups excluding carboxylic acids is 2. The van der Waals surface area contributed by atoms with Crippen molar-refractivity contribution in [2.75, 3.05) is 19.1 Å². The van der Waals surface area contributed by atoms with E-state index in [1.807, 2.05) is 39.8 Å². The van der Waals surface area contributed by atoms with E-state index in [0.29, 0.717) is 5.69 Å². The maximum atomic E-state index is 12.5. The zero-order valence-electron chi connectivity index (χ0n) is 17.9. The Morgan fingerprint density at radius 2 is 1.78 bits per heavy atom. The van der Waals surface area contributed by atoms with E-state index in [4.69, 9.17) is 9.47 Å². The maximum absolute atomic E-state index is 12.5. The third-order valence-corrected chi connectivity index (χ3v) is 4.49. The molecular weight excluding hydrogens is 358 g/mol. The highest BCUT2D eigenvalue weighted by molar-refractivity contribution is 6.83. The summed E-state index contributed by atoms with van der Waals surface area (Å²) in [7, 11) is 1.44. The second kappa shape index (κ2) is 8.62. The van der Waals surface area contributed by atoms with Gasteiger partial charge in [-0.1, -0.05) is 25.6 Å². The van der Waals surface area contributed by atoms with Gasteiger partial charge in [0.05, 0.1) is 19.2 Å². The number of benzene rings is 1. The number of hydrogen-bond donors (Lipinski definition) is 0. The molecule has 5 nitrogen and oxygen atoms in total. The van der Waals surface area contributed by atoms with Gasteiger partial charge >= 0.3 is 12.1 Å². The minimum absolute atomic E-state index is 0.119. The molecule has 0 atom stereocenters. The van der Waals surface area contributed by atoms with Crippen LogP contribution in [-0.2, 0) is 20.7 Å². The molecule has 0 aliphatic carbocycles. The van der Waals surface area contributed by atoms with Crippen molar-refractivity contribution in [2.24, 2.45) is 0 Å². The number of anilines is 1. The van der Waals surface area contributed by atoms with Gasteiger partial charge in [0.2, 0.25) is 0 Å². The van der Waals surface area contributed by atoms with Gasteiger partial charge in [-0.2, -0.15) is 0 Å². The molecule has 0 aliphatic heterocycles. The molecule has 1 aromatic rings. The summed E-state index contributed by atoms with van der Waals surface area (Å²) < 4.78 is 10.3. The molecule has 1 aromatic carbocycles. The van der Waals surface area contributed by atoms with Gasteiger partial charge in [0.25, 0.3) is 0 Å². The molecule has 0 heterocycles. The summed E-state index contributed by atoms with van der Waals surface area (Å²) in [6, 6.07) is 3.71.